The molecule has 0 bridgehead atoms. The zero-order valence-electron chi connectivity index (χ0n) is 16.0. The average Bonchev–Trinajstić information content (AvgIpc) is 3.20. The third-order valence-corrected chi connectivity index (χ3v) is 4.38. The lowest BCUT2D eigenvalue weighted by molar-refractivity contribution is -0.121. The largest absolute Gasteiger partial charge is 0.436 e. The van der Waals surface area contributed by atoms with E-state index in [1.807, 2.05) is 18.2 Å². The van der Waals surface area contributed by atoms with Gasteiger partial charge in [0.05, 0.1) is 6.42 Å². The molecule has 0 saturated heterocycles. The molecule has 4 aromatic rings. The van der Waals surface area contributed by atoms with Gasteiger partial charge < -0.3 is 9.73 Å². The number of carbonyl (C=O) groups is 2. The van der Waals surface area contributed by atoms with Gasteiger partial charge in [-0.25, -0.2) is 24.0 Å². The number of benzene rings is 3. The Morgan fingerprint density at radius 3 is 2.42 bits per heavy atom. The molecule has 7 nitrogen and oxygen atoms in total. The van der Waals surface area contributed by atoms with Gasteiger partial charge in [-0.1, -0.05) is 24.3 Å². The highest BCUT2D eigenvalue weighted by molar-refractivity contribution is 5.91. The van der Waals surface area contributed by atoms with Crippen molar-refractivity contribution in [2.45, 2.75) is 6.42 Å². The molecule has 3 aromatic carbocycles. The van der Waals surface area contributed by atoms with Gasteiger partial charge in [0.15, 0.2) is 5.58 Å². The highest BCUT2D eigenvalue weighted by Gasteiger charge is 2.14. The maximum Gasteiger partial charge on any atom is 0.337 e. The normalized spacial score (nSPS) is 10.6. The number of rotatable bonds is 4. The lowest BCUT2D eigenvalue weighted by Crippen LogP contribution is -2.44. The minimum absolute atomic E-state index is 0.381. The van der Waals surface area contributed by atoms with Crippen LogP contribution in [0, 0.1) is 11.6 Å². The molecule has 0 spiro atoms. The fourth-order valence-corrected chi connectivity index (χ4v) is 2.92. The first kappa shape index (κ1) is 20.0. The van der Waals surface area contributed by atoms with Gasteiger partial charge in [0.25, 0.3) is 0 Å². The van der Waals surface area contributed by atoms with Crippen LogP contribution in [0.2, 0.25) is 0 Å². The quantitative estimate of drug-likeness (QED) is 0.430. The van der Waals surface area contributed by atoms with Gasteiger partial charge in [-0.15, -0.1) is 0 Å². The van der Waals surface area contributed by atoms with Gasteiger partial charge in [0, 0.05) is 16.8 Å². The molecule has 9 heteroatoms. The van der Waals surface area contributed by atoms with E-state index in [0.717, 1.165) is 12.1 Å². The number of carbonyl (C=O) groups excluding carboxylic acids is 2. The van der Waals surface area contributed by atoms with E-state index in [4.69, 9.17) is 4.42 Å². The Kier molecular flexibility index (Phi) is 5.57. The van der Waals surface area contributed by atoms with Crippen molar-refractivity contribution in [1.29, 1.82) is 0 Å². The van der Waals surface area contributed by atoms with Crippen LogP contribution in [0.25, 0.3) is 22.6 Å². The van der Waals surface area contributed by atoms with Crippen molar-refractivity contribution in [2.24, 2.45) is 0 Å². The van der Waals surface area contributed by atoms with Gasteiger partial charge in [-0.2, -0.15) is 0 Å². The van der Waals surface area contributed by atoms with E-state index in [9.17, 15) is 18.4 Å². The van der Waals surface area contributed by atoms with E-state index in [1.54, 1.807) is 30.3 Å². The molecule has 1 heterocycles. The molecular formula is C22H16F2N4O3. The molecule has 0 radical (unpaired) electrons. The van der Waals surface area contributed by atoms with Gasteiger partial charge in [0.2, 0.25) is 11.8 Å². The Labute approximate surface area is 175 Å². The maximum atomic E-state index is 13.6. The first-order valence-electron chi connectivity index (χ1n) is 9.24. The van der Waals surface area contributed by atoms with E-state index in [2.05, 4.69) is 21.2 Å². The van der Waals surface area contributed by atoms with Crippen LogP contribution in [0.1, 0.15) is 5.56 Å². The standard InChI is InChI=1S/C22H16F2N4O3/c23-16-7-4-8-17(24)15(16)12-20(29)27-28-22(30)25-14-6-3-5-13(11-14)21-26-18-9-1-2-10-19(18)31-21/h1-11H,12H2,(H,27,29)(H2,25,28,30). The van der Waals surface area contributed by atoms with Crippen LogP contribution < -0.4 is 16.2 Å². The van der Waals surface area contributed by atoms with Gasteiger partial charge in [-0.3, -0.25) is 10.2 Å². The Bertz CT molecular complexity index is 1220. The average molecular weight is 422 g/mol. The third-order valence-electron chi connectivity index (χ3n) is 4.38. The summed E-state index contributed by atoms with van der Waals surface area (Å²) in [6.45, 7) is 0. The third kappa shape index (κ3) is 4.67. The highest BCUT2D eigenvalue weighted by Crippen LogP contribution is 2.26. The first-order chi connectivity index (χ1) is 15.0. The van der Waals surface area contributed by atoms with Crippen LogP contribution >= 0.6 is 0 Å². The second kappa shape index (κ2) is 8.62. The zero-order chi connectivity index (χ0) is 21.8. The van der Waals surface area contributed by atoms with Gasteiger partial charge in [-0.05, 0) is 42.5 Å². The number of urea groups is 1. The number of hydrogen-bond acceptors (Lipinski definition) is 4. The summed E-state index contributed by atoms with van der Waals surface area (Å²) in [4.78, 5) is 28.4. The number of para-hydroxylation sites is 2. The van der Waals surface area contributed by atoms with Crippen molar-refractivity contribution < 1.29 is 22.8 Å². The lowest BCUT2D eigenvalue weighted by atomic mass is 10.1. The topological polar surface area (TPSA) is 96.3 Å². The number of halogens is 2. The zero-order valence-corrected chi connectivity index (χ0v) is 16.0. The number of nitrogens with zero attached hydrogens (tertiary/aromatic N) is 1. The van der Waals surface area contributed by atoms with Gasteiger partial charge >= 0.3 is 6.03 Å². The maximum absolute atomic E-state index is 13.6. The molecule has 0 aliphatic carbocycles. The van der Waals surface area contributed by atoms with E-state index in [1.165, 1.54) is 6.07 Å². The number of oxazole rings is 1. The molecule has 0 fully saturated rings. The number of hydrazine groups is 1. The molecule has 4 rings (SSSR count). The molecule has 3 N–H and O–H groups in total. The van der Waals surface area contributed by atoms with Crippen LogP contribution in [0.4, 0.5) is 19.3 Å². The van der Waals surface area contributed by atoms with Crippen molar-refractivity contribution in [3.05, 3.63) is 83.9 Å². The van der Waals surface area contributed by atoms with E-state index in [0.29, 0.717) is 28.2 Å². The molecule has 0 aliphatic rings. The van der Waals surface area contributed by atoms with Crippen molar-refractivity contribution in [3.63, 3.8) is 0 Å². The Hall–Kier alpha value is -4.27. The van der Waals surface area contributed by atoms with Crippen molar-refractivity contribution in [3.8, 4) is 11.5 Å². The van der Waals surface area contributed by atoms with Crippen LogP contribution in [0.3, 0.4) is 0 Å². The van der Waals surface area contributed by atoms with Crippen LogP contribution in [0.15, 0.2) is 71.1 Å². The fourth-order valence-electron chi connectivity index (χ4n) is 2.92. The van der Waals surface area contributed by atoms with Crippen LogP contribution in [-0.4, -0.2) is 16.9 Å². The number of hydrogen-bond donors (Lipinski definition) is 3. The summed E-state index contributed by atoms with van der Waals surface area (Å²) in [5.74, 6) is -2.06. The molecule has 156 valence electrons. The molecule has 1 aromatic heterocycles. The summed E-state index contributed by atoms with van der Waals surface area (Å²) in [6.07, 6.45) is -0.563. The predicted octanol–water partition coefficient (Wildman–Crippen LogP) is 4.17. The van der Waals surface area contributed by atoms with E-state index < -0.39 is 30.0 Å². The summed E-state index contributed by atoms with van der Waals surface area (Å²) in [6, 6.07) is 16.7. The number of amides is 3. The molecule has 0 saturated carbocycles. The van der Waals surface area contributed by atoms with E-state index in [-0.39, 0.29) is 5.56 Å². The molecule has 31 heavy (non-hydrogen) atoms. The minimum Gasteiger partial charge on any atom is -0.436 e. The van der Waals surface area contributed by atoms with Crippen LogP contribution in [-0.2, 0) is 11.2 Å². The Balaban J connectivity index is 1.36. The monoisotopic (exact) mass is 422 g/mol. The number of anilines is 1. The molecule has 0 aliphatic heterocycles. The fraction of sp³-hybridized carbons (Fsp3) is 0.0455. The summed E-state index contributed by atoms with van der Waals surface area (Å²) in [5, 5.41) is 2.55. The summed E-state index contributed by atoms with van der Waals surface area (Å²) in [7, 11) is 0. The number of nitrogens with one attached hydrogen (secondary N) is 3. The van der Waals surface area contributed by atoms with Crippen molar-refractivity contribution in [2.75, 3.05) is 5.32 Å². The van der Waals surface area contributed by atoms with E-state index >= 15 is 0 Å². The number of fused-ring (bicyclic) bond motifs is 1. The minimum atomic E-state index is -0.837. The number of aromatic nitrogens is 1. The van der Waals surface area contributed by atoms with Gasteiger partial charge in [0.1, 0.15) is 17.2 Å². The highest BCUT2D eigenvalue weighted by atomic mass is 19.1. The van der Waals surface area contributed by atoms with Crippen LogP contribution in [0.5, 0.6) is 0 Å². The smallest absolute Gasteiger partial charge is 0.337 e. The Morgan fingerprint density at radius 1 is 0.903 bits per heavy atom. The summed E-state index contributed by atoms with van der Waals surface area (Å²) < 4.78 is 32.9. The predicted molar refractivity (Wildman–Crippen MR) is 110 cm³/mol. The second-order valence-electron chi connectivity index (χ2n) is 6.57. The molecule has 3 amide bonds. The van der Waals surface area contributed by atoms with Crippen molar-refractivity contribution >= 4 is 28.7 Å². The first-order valence-corrected chi connectivity index (χ1v) is 9.24. The summed E-state index contributed by atoms with van der Waals surface area (Å²) in [5.41, 5.74) is 6.28. The van der Waals surface area contributed by atoms with Crippen molar-refractivity contribution in [1.82, 2.24) is 15.8 Å². The molecule has 0 atom stereocenters. The second-order valence-corrected chi connectivity index (χ2v) is 6.57. The molecule has 0 unspecified atom stereocenters. The molecular weight excluding hydrogens is 406 g/mol. The Morgan fingerprint density at radius 2 is 1.65 bits per heavy atom. The summed E-state index contributed by atoms with van der Waals surface area (Å²) >= 11 is 0. The SMILES string of the molecule is O=C(Cc1c(F)cccc1F)NNC(=O)Nc1cccc(-c2nc3ccccc3o2)c1. The lowest BCUT2D eigenvalue weighted by Gasteiger charge is -2.10.